The summed E-state index contributed by atoms with van der Waals surface area (Å²) in [5.74, 6) is -0.512. The van der Waals surface area contributed by atoms with Gasteiger partial charge in [0.2, 0.25) is 0 Å². The lowest BCUT2D eigenvalue weighted by atomic mass is 9.94. The number of allylic oxidation sites excluding steroid dienone is 1. The second-order valence-electron chi connectivity index (χ2n) is 6.60. The van der Waals surface area contributed by atoms with Crippen LogP contribution in [-0.4, -0.2) is 37.2 Å². The summed E-state index contributed by atoms with van der Waals surface area (Å²) in [6.45, 7) is 2.49. The summed E-state index contributed by atoms with van der Waals surface area (Å²) in [5.41, 5.74) is 2.47. The van der Waals surface area contributed by atoms with Crippen LogP contribution in [0.4, 0.5) is 4.79 Å². The van der Waals surface area contributed by atoms with Crippen LogP contribution in [0.1, 0.15) is 24.1 Å². The van der Waals surface area contributed by atoms with E-state index in [0.717, 1.165) is 5.56 Å². The van der Waals surface area contributed by atoms with Crippen molar-refractivity contribution in [1.82, 2.24) is 10.2 Å². The van der Waals surface area contributed by atoms with E-state index in [0.29, 0.717) is 28.4 Å². The maximum atomic E-state index is 12.9. The van der Waals surface area contributed by atoms with Crippen LogP contribution in [0.2, 0.25) is 5.02 Å². The fourth-order valence-electron chi connectivity index (χ4n) is 3.24. The van der Waals surface area contributed by atoms with Gasteiger partial charge in [-0.15, -0.1) is 0 Å². The first-order valence-electron chi connectivity index (χ1n) is 9.26. The van der Waals surface area contributed by atoms with Gasteiger partial charge in [-0.1, -0.05) is 60.1 Å². The number of esters is 1. The molecule has 3 rings (SSSR count). The summed E-state index contributed by atoms with van der Waals surface area (Å²) in [4.78, 5) is 27.4. The molecule has 1 unspecified atom stereocenters. The van der Waals surface area contributed by atoms with Crippen molar-refractivity contribution in [3.05, 3.63) is 82.0 Å². The van der Waals surface area contributed by atoms with Crippen molar-refractivity contribution in [1.29, 1.82) is 0 Å². The molecule has 0 saturated carbocycles. The van der Waals surface area contributed by atoms with Gasteiger partial charge in [0.25, 0.3) is 0 Å². The lowest BCUT2D eigenvalue weighted by molar-refractivity contribution is -0.140. The van der Waals surface area contributed by atoms with Gasteiger partial charge in [0, 0.05) is 17.8 Å². The minimum Gasteiger partial charge on any atom is -0.460 e. The number of rotatable bonds is 7. The van der Waals surface area contributed by atoms with Crippen LogP contribution in [0.25, 0.3) is 0 Å². The Labute approximate surface area is 175 Å². The number of nitrogens with one attached hydrogen (secondary N) is 1. The Balaban J connectivity index is 2.00. The molecule has 0 spiro atoms. The van der Waals surface area contributed by atoms with E-state index >= 15 is 0 Å². The first-order valence-corrected chi connectivity index (χ1v) is 9.64. The summed E-state index contributed by atoms with van der Waals surface area (Å²) in [7, 11) is 1.54. The van der Waals surface area contributed by atoms with Crippen molar-refractivity contribution in [3.63, 3.8) is 0 Å². The number of carbonyl (C=O) groups is 2. The zero-order valence-electron chi connectivity index (χ0n) is 16.4. The average molecular weight is 415 g/mol. The molecule has 29 heavy (non-hydrogen) atoms. The second kappa shape index (κ2) is 9.58. The summed E-state index contributed by atoms with van der Waals surface area (Å²) >= 11 is 6.36. The Morgan fingerprint density at radius 3 is 2.48 bits per heavy atom. The number of carbonyl (C=O) groups excluding carboxylic acids is 2. The van der Waals surface area contributed by atoms with Crippen molar-refractivity contribution >= 4 is 23.6 Å². The molecule has 152 valence electrons. The fraction of sp³-hybridized carbons (Fsp3) is 0.273. The van der Waals surface area contributed by atoms with E-state index in [1.807, 2.05) is 36.4 Å². The topological polar surface area (TPSA) is 67.9 Å². The summed E-state index contributed by atoms with van der Waals surface area (Å²) < 4.78 is 10.3. The van der Waals surface area contributed by atoms with Crippen molar-refractivity contribution in [2.24, 2.45) is 0 Å². The molecule has 1 heterocycles. The van der Waals surface area contributed by atoms with E-state index in [9.17, 15) is 9.59 Å². The highest BCUT2D eigenvalue weighted by molar-refractivity contribution is 6.31. The fourth-order valence-corrected chi connectivity index (χ4v) is 3.48. The maximum absolute atomic E-state index is 12.9. The number of amides is 2. The van der Waals surface area contributed by atoms with Crippen LogP contribution >= 0.6 is 11.6 Å². The number of methoxy groups -OCH3 is 1. The van der Waals surface area contributed by atoms with Gasteiger partial charge in [0.1, 0.15) is 6.61 Å². The molecule has 0 saturated heterocycles. The molecular weight excluding hydrogens is 392 g/mol. The van der Waals surface area contributed by atoms with Gasteiger partial charge in [-0.25, -0.2) is 9.59 Å². The molecule has 0 fully saturated rings. The molecule has 7 heteroatoms. The lowest BCUT2D eigenvalue weighted by Crippen LogP contribution is -2.47. The molecule has 0 bridgehead atoms. The Morgan fingerprint density at radius 1 is 1.10 bits per heavy atom. The van der Waals surface area contributed by atoms with Crippen LogP contribution in [0.15, 0.2) is 65.9 Å². The van der Waals surface area contributed by atoms with E-state index in [4.69, 9.17) is 21.1 Å². The molecule has 2 aromatic carbocycles. The number of ether oxygens (including phenoxy) is 2. The highest BCUT2D eigenvalue weighted by Gasteiger charge is 2.37. The summed E-state index contributed by atoms with van der Waals surface area (Å²) in [6, 6.07) is 15.7. The van der Waals surface area contributed by atoms with E-state index in [-0.39, 0.29) is 19.2 Å². The SMILES string of the molecule is COCCOC(=O)C1=C(C)N(Cc2ccccc2)C(=O)NC1c1ccccc1Cl. The number of urea groups is 1. The minimum absolute atomic E-state index is 0.119. The van der Waals surface area contributed by atoms with Gasteiger partial charge >= 0.3 is 12.0 Å². The zero-order chi connectivity index (χ0) is 20.8. The Morgan fingerprint density at radius 2 is 1.79 bits per heavy atom. The number of halogens is 1. The number of hydrogen-bond donors (Lipinski definition) is 1. The van der Waals surface area contributed by atoms with Crippen LogP contribution in [-0.2, 0) is 20.8 Å². The molecule has 0 aliphatic carbocycles. The van der Waals surface area contributed by atoms with Crippen molar-refractivity contribution in [2.75, 3.05) is 20.3 Å². The third-order valence-electron chi connectivity index (χ3n) is 4.74. The molecule has 1 aliphatic rings. The summed E-state index contributed by atoms with van der Waals surface area (Å²) in [5, 5.41) is 3.37. The molecule has 0 radical (unpaired) electrons. The van der Waals surface area contributed by atoms with Crippen LogP contribution in [0, 0.1) is 0 Å². The van der Waals surface area contributed by atoms with Crippen LogP contribution in [0.3, 0.4) is 0 Å². The predicted molar refractivity (Wildman–Crippen MR) is 110 cm³/mol. The van der Waals surface area contributed by atoms with Crippen LogP contribution in [0.5, 0.6) is 0 Å². The average Bonchev–Trinajstić information content (AvgIpc) is 2.72. The number of hydrogen-bond acceptors (Lipinski definition) is 4. The van der Waals surface area contributed by atoms with Gasteiger partial charge in [-0.3, -0.25) is 4.90 Å². The third kappa shape index (κ3) is 4.78. The van der Waals surface area contributed by atoms with Gasteiger partial charge in [0.05, 0.1) is 24.8 Å². The molecule has 1 atom stereocenters. The van der Waals surface area contributed by atoms with Crippen LogP contribution < -0.4 is 5.32 Å². The molecule has 0 aromatic heterocycles. The van der Waals surface area contributed by atoms with Crippen molar-refractivity contribution in [2.45, 2.75) is 19.5 Å². The monoisotopic (exact) mass is 414 g/mol. The molecule has 2 aromatic rings. The van der Waals surface area contributed by atoms with Crippen molar-refractivity contribution in [3.8, 4) is 0 Å². The van der Waals surface area contributed by atoms with E-state index in [1.165, 1.54) is 12.0 Å². The van der Waals surface area contributed by atoms with Gasteiger partial charge < -0.3 is 14.8 Å². The maximum Gasteiger partial charge on any atom is 0.338 e. The van der Waals surface area contributed by atoms with E-state index < -0.39 is 12.0 Å². The van der Waals surface area contributed by atoms with Gasteiger partial charge in [-0.05, 0) is 24.1 Å². The third-order valence-corrected chi connectivity index (χ3v) is 5.08. The highest BCUT2D eigenvalue weighted by atomic mass is 35.5. The Hall–Kier alpha value is -2.83. The zero-order valence-corrected chi connectivity index (χ0v) is 17.1. The van der Waals surface area contributed by atoms with Gasteiger partial charge in [0.15, 0.2) is 0 Å². The van der Waals surface area contributed by atoms with Gasteiger partial charge in [-0.2, -0.15) is 0 Å². The number of nitrogens with zero attached hydrogens (tertiary/aromatic N) is 1. The minimum atomic E-state index is -0.696. The Kier molecular flexibility index (Phi) is 6.90. The standard InChI is InChI=1S/C22H23ClN2O4/c1-15-19(21(26)29-13-12-28-2)20(17-10-6-7-11-18(17)23)24-22(27)25(15)14-16-8-4-3-5-9-16/h3-11,20H,12-14H2,1-2H3,(H,24,27). The smallest absolute Gasteiger partial charge is 0.338 e. The number of benzene rings is 2. The predicted octanol–water partition coefficient (Wildman–Crippen LogP) is 4.07. The molecular formula is C22H23ClN2O4. The normalized spacial score (nSPS) is 16.6. The quantitative estimate of drug-likeness (QED) is 0.547. The molecule has 1 N–H and O–H groups in total. The first kappa shape index (κ1) is 20.9. The highest BCUT2D eigenvalue weighted by Crippen LogP contribution is 2.35. The van der Waals surface area contributed by atoms with E-state index in [1.54, 1.807) is 25.1 Å². The molecule has 6 nitrogen and oxygen atoms in total. The molecule has 2 amide bonds. The van der Waals surface area contributed by atoms with Crippen molar-refractivity contribution < 1.29 is 19.1 Å². The second-order valence-corrected chi connectivity index (χ2v) is 7.01. The Bertz CT molecular complexity index is 914. The first-order chi connectivity index (χ1) is 14.0. The molecule has 1 aliphatic heterocycles. The lowest BCUT2D eigenvalue weighted by Gasteiger charge is -2.35. The largest absolute Gasteiger partial charge is 0.460 e. The van der Waals surface area contributed by atoms with E-state index in [2.05, 4.69) is 5.32 Å². The summed E-state index contributed by atoms with van der Waals surface area (Å²) in [6.07, 6.45) is 0.